The molecule has 6 nitrogen and oxygen atoms in total. The molecule has 0 saturated carbocycles. The number of hydrogen-bond donors (Lipinski definition) is 1. The van der Waals surface area contributed by atoms with E-state index in [2.05, 4.69) is 12.2 Å². The Kier molecular flexibility index (Phi) is 17.6. The SMILES string of the molecule is CCCCCCCCCCCC(=O)N[C@@H](CCC(=O)[O-])C(=O)[O-].[Cu+2]. The maximum atomic E-state index is 11.6. The van der Waals surface area contributed by atoms with E-state index < -0.39 is 24.4 Å². The summed E-state index contributed by atoms with van der Waals surface area (Å²) in [7, 11) is 0. The Morgan fingerprint density at radius 2 is 1.33 bits per heavy atom. The minimum Gasteiger partial charge on any atom is -0.550 e. The van der Waals surface area contributed by atoms with Crippen LogP contribution in [0.5, 0.6) is 0 Å². The molecular weight excluding hydrogens is 362 g/mol. The maximum absolute atomic E-state index is 11.6. The van der Waals surface area contributed by atoms with E-state index in [0.29, 0.717) is 6.42 Å². The molecule has 0 heterocycles. The standard InChI is InChI=1S/C17H31NO5.Cu/c1-2-3-4-5-6-7-8-9-10-11-15(19)18-14(17(22)23)12-13-16(20)21;/h14H,2-13H2,1H3,(H,18,19)(H,20,21)(H,22,23);/q;+2/p-2/t14-;/m0./s1. The summed E-state index contributed by atoms with van der Waals surface area (Å²) in [6.45, 7) is 2.19. The third-order valence-electron chi connectivity index (χ3n) is 3.76. The van der Waals surface area contributed by atoms with E-state index in [9.17, 15) is 24.6 Å². The number of carbonyl (C=O) groups is 3. The van der Waals surface area contributed by atoms with Gasteiger partial charge in [0.05, 0.1) is 12.0 Å². The molecule has 1 atom stereocenters. The van der Waals surface area contributed by atoms with Crippen LogP contribution in [0.3, 0.4) is 0 Å². The molecule has 143 valence electrons. The fraction of sp³-hybridized carbons (Fsp3) is 0.824. The molecule has 0 saturated heterocycles. The van der Waals surface area contributed by atoms with E-state index >= 15 is 0 Å². The van der Waals surface area contributed by atoms with E-state index in [4.69, 9.17) is 0 Å². The van der Waals surface area contributed by atoms with Crippen LogP contribution in [0.15, 0.2) is 0 Å². The van der Waals surface area contributed by atoms with Gasteiger partial charge in [-0.1, -0.05) is 58.3 Å². The van der Waals surface area contributed by atoms with Crippen LogP contribution in [0, 0.1) is 0 Å². The van der Waals surface area contributed by atoms with Crippen LogP contribution in [-0.4, -0.2) is 23.9 Å². The summed E-state index contributed by atoms with van der Waals surface area (Å²) in [5.74, 6) is -3.18. The summed E-state index contributed by atoms with van der Waals surface area (Å²) < 4.78 is 0. The molecule has 0 aliphatic carbocycles. The van der Waals surface area contributed by atoms with Crippen molar-refractivity contribution < 1.29 is 41.7 Å². The maximum Gasteiger partial charge on any atom is 2.00 e. The summed E-state index contributed by atoms with van der Waals surface area (Å²) in [6, 6.07) is -1.26. The smallest absolute Gasteiger partial charge is 0.550 e. The first-order valence-electron chi connectivity index (χ1n) is 8.67. The molecule has 1 radical (unpaired) electrons. The zero-order chi connectivity index (χ0) is 17.5. The third kappa shape index (κ3) is 15.8. The number of carboxylic acid groups (broad SMARTS) is 2. The van der Waals surface area contributed by atoms with Crippen LogP contribution < -0.4 is 15.5 Å². The first kappa shape index (κ1) is 25.2. The molecule has 0 rings (SSSR count). The second-order valence-corrected chi connectivity index (χ2v) is 5.93. The molecule has 0 unspecified atom stereocenters. The van der Waals surface area contributed by atoms with Crippen LogP contribution in [0.4, 0.5) is 0 Å². The number of hydrogen-bond acceptors (Lipinski definition) is 5. The molecule has 0 aromatic rings. The number of nitrogens with one attached hydrogen (secondary N) is 1. The van der Waals surface area contributed by atoms with Gasteiger partial charge in [-0.3, -0.25) is 4.79 Å². The van der Waals surface area contributed by atoms with Gasteiger partial charge in [0.2, 0.25) is 5.91 Å². The Bertz CT molecular complexity index is 363. The van der Waals surface area contributed by atoms with E-state index in [1.165, 1.54) is 38.5 Å². The zero-order valence-electron chi connectivity index (χ0n) is 14.4. The average Bonchev–Trinajstić information content (AvgIpc) is 2.49. The van der Waals surface area contributed by atoms with E-state index in [1.807, 2.05) is 0 Å². The van der Waals surface area contributed by atoms with Crippen molar-refractivity contribution in [3.8, 4) is 0 Å². The second-order valence-electron chi connectivity index (χ2n) is 5.93. The quantitative estimate of drug-likeness (QED) is 0.326. The van der Waals surface area contributed by atoms with Crippen LogP contribution in [0.1, 0.15) is 84.0 Å². The molecule has 24 heavy (non-hydrogen) atoms. The summed E-state index contributed by atoms with van der Waals surface area (Å²) >= 11 is 0. The molecule has 0 spiro atoms. The second kappa shape index (κ2) is 16.8. The first-order chi connectivity index (χ1) is 11.0. The number of aliphatic carboxylic acids is 2. The van der Waals surface area contributed by atoms with Crippen LogP contribution >= 0.6 is 0 Å². The Hall–Kier alpha value is -1.07. The van der Waals surface area contributed by atoms with Crippen LogP contribution in [0.2, 0.25) is 0 Å². The minimum atomic E-state index is -1.47. The fourth-order valence-electron chi connectivity index (χ4n) is 2.37. The van der Waals surface area contributed by atoms with E-state index in [-0.39, 0.29) is 35.8 Å². The number of carboxylic acids is 2. The number of unbranched alkanes of at least 4 members (excludes halogenated alkanes) is 8. The van der Waals surface area contributed by atoms with Gasteiger partial charge >= 0.3 is 17.1 Å². The normalized spacial score (nSPS) is 11.4. The van der Waals surface area contributed by atoms with Crippen molar-refractivity contribution in [3.05, 3.63) is 0 Å². The average molecular weight is 391 g/mol. The minimum absolute atomic E-state index is 0. The van der Waals surface area contributed by atoms with Gasteiger partial charge in [0, 0.05) is 12.4 Å². The van der Waals surface area contributed by atoms with Gasteiger partial charge in [0.15, 0.2) is 0 Å². The van der Waals surface area contributed by atoms with Crippen molar-refractivity contribution >= 4 is 17.8 Å². The van der Waals surface area contributed by atoms with Gasteiger partial charge in [-0.2, -0.15) is 0 Å². The summed E-state index contributed by atoms with van der Waals surface area (Å²) in [6.07, 6.45) is 9.82. The molecular formula is C17H29CuNO5. The van der Waals surface area contributed by atoms with Gasteiger partial charge in [0.1, 0.15) is 0 Å². The van der Waals surface area contributed by atoms with Crippen molar-refractivity contribution in [2.75, 3.05) is 0 Å². The van der Waals surface area contributed by atoms with Gasteiger partial charge in [0.25, 0.3) is 0 Å². The largest absolute Gasteiger partial charge is 2.00 e. The Balaban J connectivity index is 0. The van der Waals surface area contributed by atoms with Crippen molar-refractivity contribution in [2.45, 2.75) is 90.0 Å². The topological polar surface area (TPSA) is 109 Å². The van der Waals surface area contributed by atoms with E-state index in [1.54, 1.807) is 0 Å². The molecule has 0 aromatic heterocycles. The molecule has 0 bridgehead atoms. The summed E-state index contributed by atoms with van der Waals surface area (Å²) in [5.41, 5.74) is 0. The fourth-order valence-corrected chi connectivity index (χ4v) is 2.37. The molecule has 0 aliphatic heterocycles. The molecule has 0 fully saturated rings. The van der Waals surface area contributed by atoms with Gasteiger partial charge in [-0.05, 0) is 19.3 Å². The Labute approximate surface area is 155 Å². The Morgan fingerprint density at radius 3 is 1.79 bits per heavy atom. The van der Waals surface area contributed by atoms with E-state index in [0.717, 1.165) is 12.8 Å². The van der Waals surface area contributed by atoms with Crippen molar-refractivity contribution in [3.63, 3.8) is 0 Å². The van der Waals surface area contributed by atoms with Gasteiger partial charge in [-0.15, -0.1) is 0 Å². The summed E-state index contributed by atoms with van der Waals surface area (Å²) in [4.78, 5) is 32.8. The molecule has 7 heteroatoms. The molecule has 0 aromatic carbocycles. The molecule has 1 N–H and O–H groups in total. The predicted octanol–water partition coefficient (Wildman–Crippen LogP) is 0.670. The van der Waals surface area contributed by atoms with Crippen LogP contribution in [-0.2, 0) is 31.5 Å². The molecule has 0 aliphatic rings. The van der Waals surface area contributed by atoms with Crippen molar-refractivity contribution in [1.29, 1.82) is 0 Å². The van der Waals surface area contributed by atoms with Gasteiger partial charge in [-0.25, -0.2) is 0 Å². The molecule has 1 amide bonds. The van der Waals surface area contributed by atoms with Crippen molar-refractivity contribution in [2.24, 2.45) is 0 Å². The first-order valence-corrected chi connectivity index (χ1v) is 8.67. The number of amides is 1. The zero-order valence-corrected chi connectivity index (χ0v) is 15.3. The third-order valence-corrected chi connectivity index (χ3v) is 3.76. The van der Waals surface area contributed by atoms with Crippen molar-refractivity contribution in [1.82, 2.24) is 5.32 Å². The van der Waals surface area contributed by atoms with Crippen LogP contribution in [0.25, 0.3) is 0 Å². The predicted molar refractivity (Wildman–Crippen MR) is 83.0 cm³/mol. The Morgan fingerprint density at radius 1 is 0.833 bits per heavy atom. The van der Waals surface area contributed by atoms with Gasteiger partial charge < -0.3 is 25.1 Å². The monoisotopic (exact) mass is 390 g/mol. The summed E-state index contributed by atoms with van der Waals surface area (Å²) in [5, 5.41) is 23.5. The number of carbonyl (C=O) groups excluding carboxylic acids is 3. The number of rotatable bonds is 15.